The summed E-state index contributed by atoms with van der Waals surface area (Å²) < 4.78 is 16.8. The molecule has 0 fully saturated rings. The van der Waals surface area contributed by atoms with Gasteiger partial charge in [0.05, 0.1) is 26.5 Å². The van der Waals surface area contributed by atoms with E-state index in [1.54, 1.807) is 18.0 Å². The minimum absolute atomic E-state index is 0.113. The van der Waals surface area contributed by atoms with E-state index in [2.05, 4.69) is 9.84 Å². The van der Waals surface area contributed by atoms with Crippen molar-refractivity contribution in [2.75, 3.05) is 26.6 Å². The van der Waals surface area contributed by atoms with Crippen molar-refractivity contribution in [3.8, 4) is 11.5 Å². The number of hydrogen-bond acceptors (Lipinski definition) is 6. The second-order valence-electron chi connectivity index (χ2n) is 4.21. The van der Waals surface area contributed by atoms with Crippen molar-refractivity contribution in [1.29, 1.82) is 0 Å². The van der Waals surface area contributed by atoms with Gasteiger partial charge in [-0.05, 0) is 24.3 Å². The first kappa shape index (κ1) is 14.7. The van der Waals surface area contributed by atoms with Gasteiger partial charge in [0.15, 0.2) is 5.69 Å². The SMILES string of the molecule is COC(=O)c1nn(CCOc2ccc(OC)cc2)cc1N. The molecule has 0 aliphatic rings. The number of benzene rings is 1. The molecule has 2 aromatic rings. The molecular weight excluding hydrogens is 274 g/mol. The summed E-state index contributed by atoms with van der Waals surface area (Å²) >= 11 is 0. The van der Waals surface area contributed by atoms with E-state index in [-0.39, 0.29) is 11.4 Å². The van der Waals surface area contributed by atoms with E-state index < -0.39 is 5.97 Å². The fourth-order valence-corrected chi connectivity index (χ4v) is 1.74. The van der Waals surface area contributed by atoms with Crippen LogP contribution in [0.5, 0.6) is 11.5 Å². The number of nitrogens with two attached hydrogens (primary N) is 1. The summed E-state index contributed by atoms with van der Waals surface area (Å²) in [6, 6.07) is 7.26. The van der Waals surface area contributed by atoms with Crippen LogP contribution in [-0.4, -0.2) is 36.6 Å². The van der Waals surface area contributed by atoms with Crippen LogP contribution in [0.15, 0.2) is 30.5 Å². The third-order valence-corrected chi connectivity index (χ3v) is 2.82. The summed E-state index contributed by atoms with van der Waals surface area (Å²) in [5.41, 5.74) is 6.09. The number of esters is 1. The summed E-state index contributed by atoms with van der Waals surface area (Å²) in [5, 5.41) is 4.06. The monoisotopic (exact) mass is 291 g/mol. The van der Waals surface area contributed by atoms with Crippen LogP contribution in [0, 0.1) is 0 Å². The first-order chi connectivity index (χ1) is 10.1. The van der Waals surface area contributed by atoms with Crippen molar-refractivity contribution in [1.82, 2.24) is 9.78 Å². The van der Waals surface area contributed by atoms with E-state index >= 15 is 0 Å². The number of ether oxygens (including phenoxy) is 3. The van der Waals surface area contributed by atoms with Gasteiger partial charge in [-0.2, -0.15) is 5.10 Å². The molecule has 7 nitrogen and oxygen atoms in total. The minimum atomic E-state index is -0.553. The largest absolute Gasteiger partial charge is 0.497 e. The molecule has 0 atom stereocenters. The molecule has 0 saturated carbocycles. The number of aromatic nitrogens is 2. The zero-order chi connectivity index (χ0) is 15.2. The molecule has 1 heterocycles. The van der Waals surface area contributed by atoms with E-state index in [1.807, 2.05) is 24.3 Å². The molecule has 2 N–H and O–H groups in total. The fourth-order valence-electron chi connectivity index (χ4n) is 1.74. The van der Waals surface area contributed by atoms with Gasteiger partial charge in [0.2, 0.25) is 0 Å². The number of hydrogen-bond donors (Lipinski definition) is 1. The van der Waals surface area contributed by atoms with Crippen LogP contribution in [0.1, 0.15) is 10.5 Å². The third-order valence-electron chi connectivity index (χ3n) is 2.82. The van der Waals surface area contributed by atoms with Crippen LogP contribution in [0.4, 0.5) is 5.69 Å². The summed E-state index contributed by atoms with van der Waals surface area (Å²) in [6.07, 6.45) is 1.57. The molecule has 0 saturated heterocycles. The number of methoxy groups -OCH3 is 2. The fraction of sp³-hybridized carbons (Fsp3) is 0.286. The van der Waals surface area contributed by atoms with E-state index in [0.717, 1.165) is 11.5 Å². The van der Waals surface area contributed by atoms with Gasteiger partial charge >= 0.3 is 5.97 Å². The molecule has 21 heavy (non-hydrogen) atoms. The number of nitrogens with zero attached hydrogens (tertiary/aromatic N) is 2. The molecule has 0 amide bonds. The van der Waals surface area contributed by atoms with Crippen LogP contribution in [0.2, 0.25) is 0 Å². The van der Waals surface area contributed by atoms with Crippen molar-refractivity contribution in [3.05, 3.63) is 36.2 Å². The highest BCUT2D eigenvalue weighted by Crippen LogP contribution is 2.17. The van der Waals surface area contributed by atoms with Crippen LogP contribution >= 0.6 is 0 Å². The topological polar surface area (TPSA) is 88.6 Å². The van der Waals surface area contributed by atoms with Crippen LogP contribution in [0.25, 0.3) is 0 Å². The van der Waals surface area contributed by atoms with Crippen molar-refractivity contribution >= 4 is 11.7 Å². The number of carbonyl (C=O) groups excluding carboxylic acids is 1. The van der Waals surface area contributed by atoms with E-state index in [9.17, 15) is 4.79 Å². The summed E-state index contributed by atoms with van der Waals surface area (Å²) in [7, 11) is 2.89. The smallest absolute Gasteiger partial charge is 0.360 e. The standard InChI is InChI=1S/C14H17N3O4/c1-19-10-3-5-11(6-4-10)21-8-7-17-9-12(15)13(16-17)14(18)20-2/h3-6,9H,7-8,15H2,1-2H3. The Bertz CT molecular complexity index is 607. The van der Waals surface area contributed by atoms with Crippen molar-refractivity contribution in [2.24, 2.45) is 0 Å². The Morgan fingerprint density at radius 2 is 1.90 bits per heavy atom. The molecule has 7 heteroatoms. The molecular formula is C14H17N3O4. The zero-order valence-electron chi connectivity index (χ0n) is 11.9. The van der Waals surface area contributed by atoms with Crippen LogP contribution in [-0.2, 0) is 11.3 Å². The van der Waals surface area contributed by atoms with Gasteiger partial charge in [0.25, 0.3) is 0 Å². The predicted octanol–water partition coefficient (Wildman–Crippen LogP) is 1.34. The molecule has 1 aromatic carbocycles. The molecule has 0 aliphatic heterocycles. The summed E-state index contributed by atoms with van der Waals surface area (Å²) in [5.74, 6) is 0.941. The van der Waals surface area contributed by atoms with E-state index in [4.69, 9.17) is 15.2 Å². The molecule has 0 spiro atoms. The normalized spacial score (nSPS) is 10.2. The first-order valence-corrected chi connectivity index (χ1v) is 6.32. The maximum atomic E-state index is 11.4. The third kappa shape index (κ3) is 3.65. The zero-order valence-corrected chi connectivity index (χ0v) is 11.9. The van der Waals surface area contributed by atoms with Gasteiger partial charge in [-0.15, -0.1) is 0 Å². The highest BCUT2D eigenvalue weighted by atomic mass is 16.5. The first-order valence-electron chi connectivity index (χ1n) is 6.32. The van der Waals surface area contributed by atoms with Gasteiger partial charge in [-0.25, -0.2) is 4.79 Å². The molecule has 0 unspecified atom stereocenters. The number of nitrogen functional groups attached to an aromatic ring is 1. The van der Waals surface area contributed by atoms with Gasteiger partial charge in [0.1, 0.15) is 18.1 Å². The highest BCUT2D eigenvalue weighted by Gasteiger charge is 2.14. The van der Waals surface area contributed by atoms with E-state index in [1.165, 1.54) is 7.11 Å². The van der Waals surface area contributed by atoms with Crippen molar-refractivity contribution in [3.63, 3.8) is 0 Å². The lowest BCUT2D eigenvalue weighted by Crippen LogP contribution is -2.10. The lowest BCUT2D eigenvalue weighted by Gasteiger charge is -2.07. The number of carbonyl (C=O) groups is 1. The number of rotatable bonds is 6. The Kier molecular flexibility index (Phi) is 4.65. The Hall–Kier alpha value is -2.70. The van der Waals surface area contributed by atoms with Gasteiger partial charge in [0, 0.05) is 6.20 Å². The lowest BCUT2D eigenvalue weighted by molar-refractivity contribution is 0.0594. The predicted molar refractivity (Wildman–Crippen MR) is 76.5 cm³/mol. The minimum Gasteiger partial charge on any atom is -0.497 e. The van der Waals surface area contributed by atoms with E-state index in [0.29, 0.717) is 13.2 Å². The summed E-state index contributed by atoms with van der Waals surface area (Å²) in [6.45, 7) is 0.862. The van der Waals surface area contributed by atoms with Crippen molar-refractivity contribution < 1.29 is 19.0 Å². The van der Waals surface area contributed by atoms with Crippen LogP contribution in [0.3, 0.4) is 0 Å². The summed E-state index contributed by atoms with van der Waals surface area (Å²) in [4.78, 5) is 11.4. The molecule has 0 bridgehead atoms. The Balaban J connectivity index is 1.89. The van der Waals surface area contributed by atoms with Crippen molar-refractivity contribution in [2.45, 2.75) is 6.54 Å². The average Bonchev–Trinajstić information content (AvgIpc) is 2.88. The van der Waals surface area contributed by atoms with Crippen LogP contribution < -0.4 is 15.2 Å². The number of anilines is 1. The Morgan fingerprint density at radius 3 is 2.52 bits per heavy atom. The van der Waals surface area contributed by atoms with Gasteiger partial charge < -0.3 is 19.9 Å². The lowest BCUT2D eigenvalue weighted by atomic mass is 10.3. The van der Waals surface area contributed by atoms with Gasteiger partial charge in [-0.3, -0.25) is 4.68 Å². The average molecular weight is 291 g/mol. The highest BCUT2D eigenvalue weighted by molar-refractivity contribution is 5.92. The molecule has 112 valence electrons. The molecule has 0 radical (unpaired) electrons. The quantitative estimate of drug-likeness (QED) is 0.808. The Labute approximate surface area is 122 Å². The maximum Gasteiger partial charge on any atom is 0.360 e. The molecule has 1 aromatic heterocycles. The molecule has 0 aliphatic carbocycles. The second-order valence-corrected chi connectivity index (χ2v) is 4.21. The maximum absolute atomic E-state index is 11.4. The Morgan fingerprint density at radius 1 is 1.24 bits per heavy atom. The second kappa shape index (κ2) is 6.65. The molecule has 2 rings (SSSR count). The van der Waals surface area contributed by atoms with Gasteiger partial charge in [-0.1, -0.05) is 0 Å².